The summed E-state index contributed by atoms with van der Waals surface area (Å²) in [5, 5.41) is 8.75. The van der Waals surface area contributed by atoms with E-state index in [1.807, 2.05) is 0 Å². The van der Waals surface area contributed by atoms with E-state index in [2.05, 4.69) is 0 Å². The lowest BCUT2D eigenvalue weighted by atomic mass is 9.61. The first-order valence-corrected chi connectivity index (χ1v) is 4.85. The van der Waals surface area contributed by atoms with Gasteiger partial charge in [-0.3, -0.25) is 0 Å². The average Bonchev–Trinajstić information content (AvgIpc) is 2.03. The number of nitrogens with zero attached hydrogens (tertiary/aromatic N) is 1. The van der Waals surface area contributed by atoms with Crippen LogP contribution in [0.2, 0.25) is 0 Å². The third-order valence-corrected chi connectivity index (χ3v) is 3.49. The monoisotopic (exact) mass is 184 g/mol. The van der Waals surface area contributed by atoms with Crippen LogP contribution in [-0.4, -0.2) is 35.2 Å². The molecule has 4 nitrogen and oxygen atoms in total. The Morgan fingerprint density at radius 3 is 2.31 bits per heavy atom. The molecule has 1 amide bonds. The summed E-state index contributed by atoms with van der Waals surface area (Å²) < 4.78 is 0. The Balaban J connectivity index is 1.86. The van der Waals surface area contributed by atoms with Gasteiger partial charge in [-0.15, -0.1) is 0 Å². The zero-order valence-electron chi connectivity index (χ0n) is 7.70. The maximum atomic E-state index is 10.6. The Labute approximate surface area is 77.7 Å². The lowest BCUT2D eigenvalue weighted by molar-refractivity contribution is 0.0213. The molecule has 1 aliphatic heterocycles. The smallest absolute Gasteiger partial charge is 0.407 e. The van der Waals surface area contributed by atoms with Crippen molar-refractivity contribution in [2.75, 3.05) is 13.1 Å². The first kappa shape index (κ1) is 8.81. The summed E-state index contributed by atoms with van der Waals surface area (Å²) in [4.78, 5) is 12.1. The van der Waals surface area contributed by atoms with Crippen LogP contribution in [0.1, 0.15) is 25.7 Å². The third-order valence-electron chi connectivity index (χ3n) is 3.49. The number of hydrogen-bond acceptors (Lipinski definition) is 2. The van der Waals surface area contributed by atoms with Gasteiger partial charge in [0, 0.05) is 19.1 Å². The minimum Gasteiger partial charge on any atom is -0.465 e. The maximum absolute atomic E-state index is 10.6. The van der Waals surface area contributed by atoms with E-state index in [1.54, 1.807) is 0 Å². The number of carbonyl (C=O) groups is 1. The van der Waals surface area contributed by atoms with Gasteiger partial charge in [0.05, 0.1) is 0 Å². The van der Waals surface area contributed by atoms with Crippen LogP contribution in [0.25, 0.3) is 0 Å². The molecular formula is C9H16N2O2. The first-order valence-electron chi connectivity index (χ1n) is 4.85. The van der Waals surface area contributed by atoms with Gasteiger partial charge in [0.1, 0.15) is 0 Å². The number of rotatable bonds is 0. The lowest BCUT2D eigenvalue weighted by Gasteiger charge is -2.50. The third kappa shape index (κ3) is 1.50. The molecule has 1 saturated heterocycles. The van der Waals surface area contributed by atoms with Crippen LogP contribution < -0.4 is 5.73 Å². The molecule has 0 aromatic rings. The molecule has 2 rings (SSSR count). The van der Waals surface area contributed by atoms with Crippen LogP contribution in [0.4, 0.5) is 4.79 Å². The molecular weight excluding hydrogens is 168 g/mol. The van der Waals surface area contributed by atoms with Crippen molar-refractivity contribution in [3.8, 4) is 0 Å². The summed E-state index contributed by atoms with van der Waals surface area (Å²) in [5.74, 6) is 0. The maximum Gasteiger partial charge on any atom is 0.407 e. The molecule has 74 valence electrons. The van der Waals surface area contributed by atoms with Gasteiger partial charge < -0.3 is 15.7 Å². The molecule has 2 fully saturated rings. The molecule has 1 aliphatic carbocycles. The Hall–Kier alpha value is -0.770. The number of likely N-dealkylation sites (tertiary alicyclic amines) is 1. The van der Waals surface area contributed by atoms with Crippen LogP contribution >= 0.6 is 0 Å². The Kier molecular flexibility index (Phi) is 1.95. The number of nitrogens with two attached hydrogens (primary N) is 1. The summed E-state index contributed by atoms with van der Waals surface area (Å²) in [6, 6.07) is 0.372. The van der Waals surface area contributed by atoms with Crippen molar-refractivity contribution in [1.82, 2.24) is 4.90 Å². The zero-order chi connectivity index (χ0) is 9.47. The van der Waals surface area contributed by atoms with Gasteiger partial charge in [0.15, 0.2) is 0 Å². The minimum absolute atomic E-state index is 0.372. The number of piperidine rings is 1. The van der Waals surface area contributed by atoms with Crippen LogP contribution in [-0.2, 0) is 0 Å². The summed E-state index contributed by atoms with van der Waals surface area (Å²) in [6.07, 6.45) is 3.43. The van der Waals surface area contributed by atoms with Gasteiger partial charge in [0.2, 0.25) is 0 Å². The van der Waals surface area contributed by atoms with Crippen LogP contribution in [0.15, 0.2) is 0 Å². The van der Waals surface area contributed by atoms with E-state index in [4.69, 9.17) is 10.8 Å². The van der Waals surface area contributed by atoms with Gasteiger partial charge in [-0.2, -0.15) is 0 Å². The van der Waals surface area contributed by atoms with Crippen molar-refractivity contribution < 1.29 is 9.90 Å². The topological polar surface area (TPSA) is 66.6 Å². The van der Waals surface area contributed by atoms with E-state index in [-0.39, 0.29) is 0 Å². The van der Waals surface area contributed by atoms with Crippen molar-refractivity contribution >= 4 is 6.09 Å². The van der Waals surface area contributed by atoms with E-state index in [0.717, 1.165) is 25.7 Å². The van der Waals surface area contributed by atoms with Gasteiger partial charge in [-0.05, 0) is 31.1 Å². The molecule has 1 heterocycles. The standard InChI is InChI=1S/C9H16N2O2/c10-7-5-9(6-7)1-3-11(4-2-9)8(12)13/h7H,1-6,10H2,(H,12,13). The van der Waals surface area contributed by atoms with Crippen LogP contribution in [0.3, 0.4) is 0 Å². The van der Waals surface area contributed by atoms with E-state index < -0.39 is 6.09 Å². The fourth-order valence-corrected chi connectivity index (χ4v) is 2.63. The molecule has 0 unspecified atom stereocenters. The molecule has 0 aromatic carbocycles. The predicted molar refractivity (Wildman–Crippen MR) is 48.5 cm³/mol. The second kappa shape index (κ2) is 2.87. The molecule has 0 radical (unpaired) electrons. The molecule has 0 bridgehead atoms. The van der Waals surface area contributed by atoms with E-state index >= 15 is 0 Å². The van der Waals surface area contributed by atoms with E-state index in [9.17, 15) is 4.79 Å². The van der Waals surface area contributed by atoms with Gasteiger partial charge in [0.25, 0.3) is 0 Å². The molecule has 0 atom stereocenters. The van der Waals surface area contributed by atoms with E-state index in [1.165, 1.54) is 4.90 Å². The van der Waals surface area contributed by atoms with Gasteiger partial charge in [-0.1, -0.05) is 0 Å². The Bertz CT molecular complexity index is 214. The fraction of sp³-hybridized carbons (Fsp3) is 0.889. The van der Waals surface area contributed by atoms with Crippen molar-refractivity contribution in [2.45, 2.75) is 31.7 Å². The summed E-state index contributed by atoms with van der Waals surface area (Å²) in [7, 11) is 0. The predicted octanol–water partition coefficient (Wildman–Crippen LogP) is 0.868. The van der Waals surface area contributed by atoms with Crippen molar-refractivity contribution in [3.63, 3.8) is 0 Å². The highest BCUT2D eigenvalue weighted by atomic mass is 16.4. The first-order chi connectivity index (χ1) is 6.11. The fourth-order valence-electron chi connectivity index (χ4n) is 2.63. The molecule has 1 spiro atoms. The number of carboxylic acid groups (broad SMARTS) is 1. The lowest BCUT2D eigenvalue weighted by Crippen LogP contribution is -2.52. The number of hydrogen-bond donors (Lipinski definition) is 2. The highest BCUT2D eigenvalue weighted by Gasteiger charge is 2.44. The molecule has 0 aromatic heterocycles. The van der Waals surface area contributed by atoms with Gasteiger partial charge >= 0.3 is 6.09 Å². The van der Waals surface area contributed by atoms with E-state index in [0.29, 0.717) is 24.5 Å². The second-order valence-electron chi connectivity index (χ2n) is 4.44. The molecule has 4 heteroatoms. The largest absolute Gasteiger partial charge is 0.465 e. The minimum atomic E-state index is -0.779. The molecule has 13 heavy (non-hydrogen) atoms. The van der Waals surface area contributed by atoms with Crippen molar-refractivity contribution in [3.05, 3.63) is 0 Å². The average molecular weight is 184 g/mol. The second-order valence-corrected chi connectivity index (χ2v) is 4.44. The number of amides is 1. The van der Waals surface area contributed by atoms with Gasteiger partial charge in [-0.25, -0.2) is 4.79 Å². The quantitative estimate of drug-likeness (QED) is 0.587. The van der Waals surface area contributed by atoms with Crippen molar-refractivity contribution in [1.29, 1.82) is 0 Å². The zero-order valence-corrected chi connectivity index (χ0v) is 7.70. The highest BCUT2D eigenvalue weighted by molar-refractivity contribution is 5.65. The summed E-state index contributed by atoms with van der Waals surface area (Å²) in [6.45, 7) is 1.39. The summed E-state index contributed by atoms with van der Waals surface area (Å²) >= 11 is 0. The molecule has 2 aliphatic rings. The Morgan fingerprint density at radius 2 is 1.92 bits per heavy atom. The highest BCUT2D eigenvalue weighted by Crippen LogP contribution is 2.48. The van der Waals surface area contributed by atoms with Crippen LogP contribution in [0, 0.1) is 5.41 Å². The molecule has 1 saturated carbocycles. The van der Waals surface area contributed by atoms with Crippen LogP contribution in [0.5, 0.6) is 0 Å². The Morgan fingerprint density at radius 1 is 1.38 bits per heavy atom. The molecule has 3 N–H and O–H groups in total. The van der Waals surface area contributed by atoms with Crippen molar-refractivity contribution in [2.24, 2.45) is 11.1 Å². The SMILES string of the molecule is NC1CC2(CCN(C(=O)O)CC2)C1. The summed E-state index contributed by atoms with van der Waals surface area (Å²) in [5.41, 5.74) is 6.16. The normalized spacial score (nSPS) is 27.3.